The van der Waals surface area contributed by atoms with Gasteiger partial charge < -0.3 is 14.8 Å². The largest absolute Gasteiger partial charge is 0.350 e. The monoisotopic (exact) mass is 157 g/mol. The minimum atomic E-state index is -0.0366. The SMILES string of the molecule is C=CC(CC1OCCO1)NC. The Kier molecular flexibility index (Phi) is 3.56. The lowest BCUT2D eigenvalue weighted by Gasteiger charge is -2.14. The Labute approximate surface area is 67.4 Å². The molecular weight excluding hydrogens is 142 g/mol. The normalized spacial score (nSPS) is 21.9. The number of ether oxygens (including phenoxy) is 2. The minimum Gasteiger partial charge on any atom is -0.350 e. The Hall–Kier alpha value is -0.380. The third kappa shape index (κ3) is 2.61. The van der Waals surface area contributed by atoms with Gasteiger partial charge in [0.15, 0.2) is 6.29 Å². The fourth-order valence-corrected chi connectivity index (χ4v) is 1.08. The van der Waals surface area contributed by atoms with Gasteiger partial charge in [-0.2, -0.15) is 0 Å². The number of hydrogen-bond acceptors (Lipinski definition) is 3. The van der Waals surface area contributed by atoms with Gasteiger partial charge in [0.1, 0.15) is 0 Å². The summed E-state index contributed by atoms with van der Waals surface area (Å²) >= 11 is 0. The maximum absolute atomic E-state index is 5.28. The summed E-state index contributed by atoms with van der Waals surface area (Å²) in [4.78, 5) is 0. The maximum Gasteiger partial charge on any atom is 0.159 e. The zero-order valence-corrected chi connectivity index (χ0v) is 6.88. The highest BCUT2D eigenvalue weighted by molar-refractivity contribution is 4.85. The predicted molar refractivity (Wildman–Crippen MR) is 43.4 cm³/mol. The first kappa shape index (κ1) is 8.71. The molecule has 3 heteroatoms. The second-order valence-corrected chi connectivity index (χ2v) is 2.54. The van der Waals surface area contributed by atoms with E-state index in [0.717, 1.165) is 19.6 Å². The van der Waals surface area contributed by atoms with Crippen molar-refractivity contribution in [3.05, 3.63) is 12.7 Å². The van der Waals surface area contributed by atoms with Gasteiger partial charge in [0, 0.05) is 12.5 Å². The minimum absolute atomic E-state index is 0.0366. The third-order valence-electron chi connectivity index (χ3n) is 1.79. The highest BCUT2D eigenvalue weighted by Gasteiger charge is 2.18. The standard InChI is InChI=1S/C8H15NO2/c1-3-7(9-2)6-8-10-4-5-11-8/h3,7-9H,1,4-6H2,2H3. The van der Waals surface area contributed by atoms with E-state index in [1.54, 1.807) is 0 Å². The molecule has 0 aromatic carbocycles. The summed E-state index contributed by atoms with van der Waals surface area (Å²) in [5, 5.41) is 3.10. The molecule has 1 heterocycles. The average Bonchev–Trinajstić information content (AvgIpc) is 2.52. The first-order chi connectivity index (χ1) is 5.36. The Morgan fingerprint density at radius 3 is 2.73 bits per heavy atom. The molecule has 1 N–H and O–H groups in total. The molecule has 1 aliphatic rings. The Balaban J connectivity index is 2.21. The lowest BCUT2D eigenvalue weighted by atomic mass is 10.2. The highest BCUT2D eigenvalue weighted by Crippen LogP contribution is 2.10. The second kappa shape index (κ2) is 4.49. The van der Waals surface area contributed by atoms with Crippen LogP contribution >= 0.6 is 0 Å². The van der Waals surface area contributed by atoms with Crippen LogP contribution < -0.4 is 5.32 Å². The third-order valence-corrected chi connectivity index (χ3v) is 1.79. The molecule has 0 bridgehead atoms. The zero-order chi connectivity index (χ0) is 8.10. The quantitative estimate of drug-likeness (QED) is 0.604. The van der Waals surface area contributed by atoms with E-state index in [-0.39, 0.29) is 12.3 Å². The summed E-state index contributed by atoms with van der Waals surface area (Å²) in [6, 6.07) is 0.290. The van der Waals surface area contributed by atoms with Gasteiger partial charge in [-0.05, 0) is 7.05 Å². The van der Waals surface area contributed by atoms with E-state index in [9.17, 15) is 0 Å². The van der Waals surface area contributed by atoms with Crippen molar-refractivity contribution in [2.24, 2.45) is 0 Å². The van der Waals surface area contributed by atoms with Crippen LogP contribution in [0, 0.1) is 0 Å². The first-order valence-corrected chi connectivity index (χ1v) is 3.90. The summed E-state index contributed by atoms with van der Waals surface area (Å²) in [6.07, 6.45) is 2.68. The average molecular weight is 157 g/mol. The molecule has 0 spiro atoms. The molecule has 0 aliphatic carbocycles. The van der Waals surface area contributed by atoms with Crippen LogP contribution in [0.3, 0.4) is 0 Å². The van der Waals surface area contributed by atoms with Gasteiger partial charge in [-0.1, -0.05) is 6.08 Å². The van der Waals surface area contributed by atoms with E-state index < -0.39 is 0 Å². The molecule has 0 radical (unpaired) electrons. The maximum atomic E-state index is 5.28. The summed E-state index contributed by atoms with van der Waals surface area (Å²) < 4.78 is 10.6. The smallest absolute Gasteiger partial charge is 0.159 e. The molecule has 3 nitrogen and oxygen atoms in total. The number of rotatable bonds is 4. The Morgan fingerprint density at radius 1 is 1.64 bits per heavy atom. The topological polar surface area (TPSA) is 30.5 Å². The first-order valence-electron chi connectivity index (χ1n) is 3.90. The van der Waals surface area contributed by atoms with Gasteiger partial charge in [0.2, 0.25) is 0 Å². The number of likely N-dealkylation sites (N-methyl/N-ethyl adjacent to an activating group) is 1. The summed E-state index contributed by atoms with van der Waals surface area (Å²) in [5.41, 5.74) is 0. The van der Waals surface area contributed by atoms with Crippen molar-refractivity contribution in [1.82, 2.24) is 5.32 Å². The molecule has 0 saturated carbocycles. The van der Waals surface area contributed by atoms with Crippen molar-refractivity contribution in [1.29, 1.82) is 0 Å². The zero-order valence-electron chi connectivity index (χ0n) is 6.88. The van der Waals surface area contributed by atoms with Crippen LogP contribution in [0.25, 0.3) is 0 Å². The molecule has 0 amide bonds. The van der Waals surface area contributed by atoms with E-state index in [1.165, 1.54) is 0 Å². The van der Waals surface area contributed by atoms with Gasteiger partial charge in [-0.25, -0.2) is 0 Å². The van der Waals surface area contributed by atoms with Crippen molar-refractivity contribution < 1.29 is 9.47 Å². The van der Waals surface area contributed by atoms with Crippen LogP contribution in [0.2, 0.25) is 0 Å². The van der Waals surface area contributed by atoms with Crippen molar-refractivity contribution >= 4 is 0 Å². The lowest BCUT2D eigenvalue weighted by molar-refractivity contribution is -0.0496. The van der Waals surface area contributed by atoms with Gasteiger partial charge in [0.05, 0.1) is 13.2 Å². The molecule has 0 aromatic rings. The van der Waals surface area contributed by atoms with Crippen LogP contribution in [0.15, 0.2) is 12.7 Å². The fraction of sp³-hybridized carbons (Fsp3) is 0.750. The molecule has 0 aromatic heterocycles. The van der Waals surface area contributed by atoms with Crippen LogP contribution in [0.4, 0.5) is 0 Å². The Bertz CT molecular complexity index is 121. The van der Waals surface area contributed by atoms with Gasteiger partial charge in [-0.15, -0.1) is 6.58 Å². The lowest BCUT2D eigenvalue weighted by Crippen LogP contribution is -2.28. The number of hydrogen-bond donors (Lipinski definition) is 1. The molecule has 1 fully saturated rings. The van der Waals surface area contributed by atoms with E-state index in [2.05, 4.69) is 11.9 Å². The van der Waals surface area contributed by atoms with Crippen LogP contribution in [-0.4, -0.2) is 32.6 Å². The summed E-state index contributed by atoms with van der Waals surface area (Å²) in [7, 11) is 1.90. The molecule has 11 heavy (non-hydrogen) atoms. The molecule has 1 unspecified atom stereocenters. The van der Waals surface area contributed by atoms with Crippen LogP contribution in [-0.2, 0) is 9.47 Å². The van der Waals surface area contributed by atoms with Crippen molar-refractivity contribution in [3.63, 3.8) is 0 Å². The van der Waals surface area contributed by atoms with Crippen LogP contribution in [0.1, 0.15) is 6.42 Å². The Morgan fingerprint density at radius 2 is 2.27 bits per heavy atom. The van der Waals surface area contributed by atoms with E-state index in [0.29, 0.717) is 0 Å². The number of nitrogens with one attached hydrogen (secondary N) is 1. The van der Waals surface area contributed by atoms with E-state index in [4.69, 9.17) is 9.47 Å². The molecule has 1 rings (SSSR count). The molecule has 64 valence electrons. The summed E-state index contributed by atoms with van der Waals surface area (Å²) in [6.45, 7) is 5.14. The van der Waals surface area contributed by atoms with E-state index >= 15 is 0 Å². The van der Waals surface area contributed by atoms with Gasteiger partial charge >= 0.3 is 0 Å². The van der Waals surface area contributed by atoms with Crippen molar-refractivity contribution in [2.45, 2.75) is 18.8 Å². The molecular formula is C8H15NO2. The predicted octanol–water partition coefficient (Wildman–Crippen LogP) is 0.523. The molecule has 1 aliphatic heterocycles. The van der Waals surface area contributed by atoms with Crippen LogP contribution in [0.5, 0.6) is 0 Å². The molecule has 1 saturated heterocycles. The van der Waals surface area contributed by atoms with Crippen molar-refractivity contribution in [2.75, 3.05) is 20.3 Å². The van der Waals surface area contributed by atoms with E-state index in [1.807, 2.05) is 13.1 Å². The summed E-state index contributed by atoms with van der Waals surface area (Å²) in [5.74, 6) is 0. The van der Waals surface area contributed by atoms with Gasteiger partial charge in [0.25, 0.3) is 0 Å². The second-order valence-electron chi connectivity index (χ2n) is 2.54. The fourth-order valence-electron chi connectivity index (χ4n) is 1.08. The molecule has 1 atom stereocenters. The van der Waals surface area contributed by atoms with Crippen molar-refractivity contribution in [3.8, 4) is 0 Å². The van der Waals surface area contributed by atoms with Gasteiger partial charge in [-0.3, -0.25) is 0 Å². The highest BCUT2D eigenvalue weighted by atomic mass is 16.7.